The Labute approximate surface area is 120 Å². The SMILES string of the molecule is CC(=O)Nc1ccc(S(=O)(=O)NCC(O)C(N)=O)c(F)c1. The van der Waals surface area contributed by atoms with E-state index in [0.717, 1.165) is 12.1 Å². The van der Waals surface area contributed by atoms with E-state index in [1.807, 2.05) is 4.72 Å². The van der Waals surface area contributed by atoms with Gasteiger partial charge in [0.25, 0.3) is 0 Å². The number of anilines is 1. The Bertz CT molecular complexity index is 662. The highest BCUT2D eigenvalue weighted by Crippen LogP contribution is 2.18. The molecule has 0 heterocycles. The molecule has 0 aliphatic rings. The zero-order valence-electron chi connectivity index (χ0n) is 11.0. The third-order valence-electron chi connectivity index (χ3n) is 2.34. The summed E-state index contributed by atoms with van der Waals surface area (Å²) in [6.45, 7) is 0.542. The Hall–Kier alpha value is -2.04. The van der Waals surface area contributed by atoms with Crippen LogP contribution < -0.4 is 15.8 Å². The van der Waals surface area contributed by atoms with Crippen molar-refractivity contribution in [3.05, 3.63) is 24.0 Å². The summed E-state index contributed by atoms with van der Waals surface area (Å²) in [7, 11) is -4.27. The van der Waals surface area contributed by atoms with Crippen molar-refractivity contribution in [1.29, 1.82) is 0 Å². The molecule has 0 aromatic heterocycles. The van der Waals surface area contributed by atoms with Gasteiger partial charge in [0, 0.05) is 19.2 Å². The van der Waals surface area contributed by atoms with Gasteiger partial charge >= 0.3 is 0 Å². The molecular weight excluding hydrogens is 305 g/mol. The average molecular weight is 319 g/mol. The molecule has 0 fully saturated rings. The Balaban J connectivity index is 2.93. The number of rotatable bonds is 6. The number of halogens is 1. The molecule has 0 saturated heterocycles. The van der Waals surface area contributed by atoms with Gasteiger partial charge in [-0.25, -0.2) is 17.5 Å². The molecular formula is C11H14FN3O5S. The molecule has 10 heteroatoms. The number of benzene rings is 1. The topological polar surface area (TPSA) is 139 Å². The molecule has 0 bridgehead atoms. The summed E-state index contributed by atoms with van der Waals surface area (Å²) in [5.74, 6) is -2.64. The van der Waals surface area contributed by atoms with E-state index in [0.29, 0.717) is 0 Å². The monoisotopic (exact) mass is 319 g/mol. The molecule has 5 N–H and O–H groups in total. The van der Waals surface area contributed by atoms with Gasteiger partial charge in [-0.05, 0) is 18.2 Å². The van der Waals surface area contributed by atoms with E-state index >= 15 is 0 Å². The van der Waals surface area contributed by atoms with E-state index in [1.165, 1.54) is 13.0 Å². The van der Waals surface area contributed by atoms with E-state index in [9.17, 15) is 22.4 Å². The largest absolute Gasteiger partial charge is 0.382 e. The fourth-order valence-corrected chi connectivity index (χ4v) is 2.46. The number of primary amides is 1. The quantitative estimate of drug-likeness (QED) is 0.527. The normalized spacial score (nSPS) is 12.7. The maximum atomic E-state index is 13.8. The third kappa shape index (κ3) is 4.77. The first-order chi connectivity index (χ1) is 9.63. The highest BCUT2D eigenvalue weighted by atomic mass is 32.2. The molecule has 0 spiro atoms. The maximum absolute atomic E-state index is 13.8. The molecule has 1 unspecified atom stereocenters. The van der Waals surface area contributed by atoms with E-state index in [2.05, 4.69) is 5.32 Å². The molecule has 1 rings (SSSR count). The van der Waals surface area contributed by atoms with Crippen LogP contribution in [0.2, 0.25) is 0 Å². The lowest BCUT2D eigenvalue weighted by Crippen LogP contribution is -2.40. The van der Waals surface area contributed by atoms with Gasteiger partial charge in [0.1, 0.15) is 16.8 Å². The molecule has 0 aliphatic carbocycles. The van der Waals surface area contributed by atoms with Crippen molar-refractivity contribution in [2.24, 2.45) is 5.73 Å². The van der Waals surface area contributed by atoms with Crippen molar-refractivity contribution in [2.45, 2.75) is 17.9 Å². The van der Waals surface area contributed by atoms with E-state index in [1.54, 1.807) is 0 Å². The minimum absolute atomic E-state index is 0.0936. The Kier molecular flexibility index (Phi) is 5.35. The number of nitrogens with two attached hydrogens (primary N) is 1. The second kappa shape index (κ2) is 6.61. The fourth-order valence-electron chi connectivity index (χ4n) is 1.37. The predicted octanol–water partition coefficient (Wildman–Crippen LogP) is -1.09. The standard InChI is InChI=1S/C11H14FN3O5S/c1-6(16)15-7-2-3-10(8(12)4-7)21(19,20)14-5-9(17)11(13)18/h2-4,9,14,17H,5H2,1H3,(H2,13,18)(H,15,16). The minimum Gasteiger partial charge on any atom is -0.382 e. The van der Waals surface area contributed by atoms with Crippen molar-refractivity contribution in [3.8, 4) is 0 Å². The first kappa shape index (κ1) is 17.0. The maximum Gasteiger partial charge on any atom is 0.247 e. The Morgan fingerprint density at radius 2 is 2.05 bits per heavy atom. The molecule has 0 aliphatic heterocycles. The smallest absolute Gasteiger partial charge is 0.247 e. The van der Waals surface area contributed by atoms with Crippen LogP contribution in [0.25, 0.3) is 0 Å². The van der Waals surface area contributed by atoms with Crippen molar-refractivity contribution < 1.29 is 27.5 Å². The second-order valence-corrected chi connectivity index (χ2v) is 5.83. The predicted molar refractivity (Wildman–Crippen MR) is 71.1 cm³/mol. The Morgan fingerprint density at radius 3 is 2.52 bits per heavy atom. The van der Waals surface area contributed by atoms with Gasteiger partial charge in [0.2, 0.25) is 21.8 Å². The number of amides is 2. The van der Waals surface area contributed by atoms with Crippen LogP contribution in [0.5, 0.6) is 0 Å². The van der Waals surface area contributed by atoms with Crippen molar-refractivity contribution in [2.75, 3.05) is 11.9 Å². The van der Waals surface area contributed by atoms with Crippen molar-refractivity contribution >= 4 is 27.5 Å². The van der Waals surface area contributed by atoms with Gasteiger partial charge in [0.05, 0.1) is 0 Å². The molecule has 21 heavy (non-hydrogen) atoms. The lowest BCUT2D eigenvalue weighted by atomic mass is 10.3. The second-order valence-electron chi connectivity index (χ2n) is 4.10. The molecule has 1 atom stereocenters. The summed E-state index contributed by atoms with van der Waals surface area (Å²) in [6, 6.07) is 2.98. The summed E-state index contributed by atoms with van der Waals surface area (Å²) in [5.41, 5.74) is 4.86. The fraction of sp³-hybridized carbons (Fsp3) is 0.273. The molecule has 1 aromatic rings. The molecule has 116 valence electrons. The first-order valence-corrected chi connectivity index (χ1v) is 7.16. The van der Waals surface area contributed by atoms with Crippen LogP contribution in [0.15, 0.2) is 23.1 Å². The van der Waals surface area contributed by atoms with E-state index in [4.69, 9.17) is 10.8 Å². The summed E-state index contributed by atoms with van der Waals surface area (Å²) < 4.78 is 39.2. The number of aliphatic hydroxyl groups is 1. The van der Waals surface area contributed by atoms with Gasteiger partial charge < -0.3 is 16.2 Å². The summed E-state index contributed by atoms with van der Waals surface area (Å²) in [6.07, 6.45) is -1.72. The highest BCUT2D eigenvalue weighted by molar-refractivity contribution is 7.89. The number of sulfonamides is 1. The van der Waals surface area contributed by atoms with Crippen molar-refractivity contribution in [3.63, 3.8) is 0 Å². The zero-order chi connectivity index (χ0) is 16.2. The summed E-state index contributed by atoms with van der Waals surface area (Å²) in [4.78, 5) is 20.7. The van der Waals surface area contributed by atoms with Crippen LogP contribution in [-0.4, -0.2) is 38.0 Å². The van der Waals surface area contributed by atoms with Gasteiger partial charge in [-0.15, -0.1) is 0 Å². The van der Waals surface area contributed by atoms with Crippen LogP contribution in [0.1, 0.15) is 6.92 Å². The van der Waals surface area contributed by atoms with Crippen LogP contribution in [0.4, 0.5) is 10.1 Å². The molecule has 2 amide bonds. The summed E-state index contributed by atoms with van der Waals surface area (Å²) >= 11 is 0. The highest BCUT2D eigenvalue weighted by Gasteiger charge is 2.22. The number of aliphatic hydroxyl groups excluding tert-OH is 1. The van der Waals surface area contributed by atoms with Gasteiger partial charge in [0.15, 0.2) is 0 Å². The van der Waals surface area contributed by atoms with Gasteiger partial charge in [-0.1, -0.05) is 0 Å². The number of hydrogen-bond acceptors (Lipinski definition) is 5. The van der Waals surface area contributed by atoms with E-state index in [-0.39, 0.29) is 5.69 Å². The number of carbonyl (C=O) groups excluding carboxylic acids is 2. The van der Waals surface area contributed by atoms with Crippen LogP contribution in [0.3, 0.4) is 0 Å². The zero-order valence-corrected chi connectivity index (χ0v) is 11.8. The number of hydrogen-bond donors (Lipinski definition) is 4. The third-order valence-corrected chi connectivity index (χ3v) is 3.79. The molecule has 0 radical (unpaired) electrons. The average Bonchev–Trinajstić information content (AvgIpc) is 2.34. The van der Waals surface area contributed by atoms with Crippen LogP contribution in [0, 0.1) is 5.82 Å². The van der Waals surface area contributed by atoms with Gasteiger partial charge in [-0.2, -0.15) is 0 Å². The lowest BCUT2D eigenvalue weighted by molar-refractivity contribution is -0.125. The molecule has 0 saturated carbocycles. The molecule has 8 nitrogen and oxygen atoms in total. The lowest BCUT2D eigenvalue weighted by Gasteiger charge is -2.11. The first-order valence-electron chi connectivity index (χ1n) is 5.67. The van der Waals surface area contributed by atoms with Crippen LogP contribution in [-0.2, 0) is 19.6 Å². The number of nitrogens with one attached hydrogen (secondary N) is 2. The van der Waals surface area contributed by atoms with Crippen molar-refractivity contribution in [1.82, 2.24) is 4.72 Å². The van der Waals surface area contributed by atoms with Gasteiger partial charge in [-0.3, -0.25) is 9.59 Å². The Morgan fingerprint density at radius 1 is 1.43 bits per heavy atom. The van der Waals surface area contributed by atoms with E-state index < -0.39 is 45.2 Å². The minimum atomic E-state index is -4.27. The van der Waals surface area contributed by atoms with Crippen LogP contribution >= 0.6 is 0 Å². The number of carbonyl (C=O) groups is 2. The summed E-state index contributed by atoms with van der Waals surface area (Å²) in [5, 5.41) is 11.4. The molecule has 1 aromatic carbocycles.